The van der Waals surface area contributed by atoms with Crippen LogP contribution in [0, 0.1) is 5.41 Å². The Morgan fingerprint density at radius 2 is 1.94 bits per heavy atom. The van der Waals surface area contributed by atoms with Crippen LogP contribution in [0.2, 0.25) is 0 Å². The second-order valence-electron chi connectivity index (χ2n) is 3.52. The number of guanidine groups is 2. The molecule has 0 aliphatic heterocycles. The maximum atomic E-state index is 7.57. The lowest BCUT2D eigenvalue weighted by atomic mass is 10.1. The van der Waals surface area contributed by atoms with E-state index in [1.807, 2.05) is 18.2 Å². The van der Waals surface area contributed by atoms with E-state index in [-0.39, 0.29) is 11.9 Å². The lowest BCUT2D eigenvalue weighted by molar-refractivity contribution is 0.499. The van der Waals surface area contributed by atoms with Gasteiger partial charge in [-0.3, -0.25) is 5.41 Å². The van der Waals surface area contributed by atoms with Crippen LogP contribution < -0.4 is 11.5 Å². The molecule has 0 aromatic heterocycles. The molecule has 0 spiro atoms. The number of nitrogens with zero attached hydrogens (tertiary/aromatic N) is 2. The molecule has 1 aromatic carbocycles. The molecular weight excluding hydrogens is 202 g/mol. The molecule has 0 radical (unpaired) electrons. The van der Waals surface area contributed by atoms with Crippen LogP contribution >= 0.6 is 0 Å². The van der Waals surface area contributed by atoms with Gasteiger partial charge in [-0.15, -0.1) is 0 Å². The molecule has 0 aliphatic rings. The summed E-state index contributed by atoms with van der Waals surface area (Å²) in [5.74, 6) is -0.00695. The predicted molar refractivity (Wildman–Crippen MR) is 66.3 cm³/mol. The highest BCUT2D eigenvalue weighted by molar-refractivity contribution is 5.91. The van der Waals surface area contributed by atoms with Gasteiger partial charge in [0.2, 0.25) is 5.96 Å². The van der Waals surface area contributed by atoms with Crippen molar-refractivity contribution < 1.29 is 0 Å². The largest absolute Gasteiger partial charge is 0.370 e. The minimum absolute atomic E-state index is 0.0796. The van der Waals surface area contributed by atoms with Crippen molar-refractivity contribution in [1.29, 1.82) is 5.41 Å². The molecule has 0 saturated carbocycles. The van der Waals surface area contributed by atoms with E-state index < -0.39 is 0 Å². The fourth-order valence-electron chi connectivity index (χ4n) is 1.26. The summed E-state index contributed by atoms with van der Waals surface area (Å²) < 4.78 is 0. The van der Waals surface area contributed by atoms with Crippen LogP contribution in [0.3, 0.4) is 0 Å². The maximum Gasteiger partial charge on any atom is 0.220 e. The zero-order valence-electron chi connectivity index (χ0n) is 9.35. The summed E-state index contributed by atoms with van der Waals surface area (Å²) in [6.45, 7) is 0.708. The molecule has 86 valence electrons. The van der Waals surface area contributed by atoms with Crippen molar-refractivity contribution in [3.05, 3.63) is 35.9 Å². The van der Waals surface area contributed by atoms with Gasteiger partial charge < -0.3 is 16.4 Å². The summed E-state index contributed by atoms with van der Waals surface area (Å²) in [5.41, 5.74) is 11.6. The molecule has 5 N–H and O–H groups in total. The molecule has 0 atom stereocenters. The van der Waals surface area contributed by atoms with Gasteiger partial charge in [-0.1, -0.05) is 30.3 Å². The van der Waals surface area contributed by atoms with Crippen molar-refractivity contribution in [1.82, 2.24) is 4.90 Å². The molecule has 1 aromatic rings. The Kier molecular flexibility index (Phi) is 4.32. The molecule has 0 fully saturated rings. The number of likely N-dealkylation sites (N-methyl/N-ethyl adjacent to an activating group) is 1. The minimum Gasteiger partial charge on any atom is -0.370 e. The second-order valence-corrected chi connectivity index (χ2v) is 3.52. The summed E-state index contributed by atoms with van der Waals surface area (Å²) in [6.07, 6.45) is 0.861. The zero-order chi connectivity index (χ0) is 12.0. The van der Waals surface area contributed by atoms with Crippen molar-refractivity contribution in [3.63, 3.8) is 0 Å². The Balaban J connectivity index is 2.44. The minimum atomic E-state index is -0.0865. The molecule has 1 rings (SSSR count). The Labute approximate surface area is 95.3 Å². The van der Waals surface area contributed by atoms with Crippen molar-refractivity contribution in [2.45, 2.75) is 6.42 Å². The molecule has 0 bridgehead atoms. The molecule has 5 heteroatoms. The number of rotatable bonds is 3. The summed E-state index contributed by atoms with van der Waals surface area (Å²) in [4.78, 5) is 5.37. The average molecular weight is 219 g/mol. The topological polar surface area (TPSA) is 91.5 Å². The number of hydrogen-bond donors (Lipinski definition) is 3. The number of nitrogens with two attached hydrogens (primary N) is 2. The first kappa shape index (κ1) is 12.0. The molecule has 0 heterocycles. The van der Waals surface area contributed by atoms with Gasteiger partial charge in [0.25, 0.3) is 0 Å². The van der Waals surface area contributed by atoms with Crippen LogP contribution in [-0.4, -0.2) is 30.4 Å². The van der Waals surface area contributed by atoms with E-state index in [0.29, 0.717) is 6.54 Å². The third-order valence-corrected chi connectivity index (χ3v) is 2.18. The molecule has 0 aliphatic carbocycles. The SMILES string of the molecule is CN(CCc1ccccc1)C(=N)N=C(N)N. The smallest absolute Gasteiger partial charge is 0.220 e. The van der Waals surface area contributed by atoms with Crippen molar-refractivity contribution in [2.24, 2.45) is 16.5 Å². The molecule has 5 nitrogen and oxygen atoms in total. The van der Waals surface area contributed by atoms with Gasteiger partial charge in [0.05, 0.1) is 0 Å². The van der Waals surface area contributed by atoms with E-state index in [1.165, 1.54) is 5.56 Å². The number of aliphatic imine (C=N–C) groups is 1. The van der Waals surface area contributed by atoms with Crippen LogP contribution in [0.1, 0.15) is 5.56 Å². The van der Waals surface area contributed by atoms with Gasteiger partial charge in [-0.2, -0.15) is 4.99 Å². The van der Waals surface area contributed by atoms with Crippen molar-refractivity contribution in [2.75, 3.05) is 13.6 Å². The summed E-state index contributed by atoms with van der Waals surface area (Å²) >= 11 is 0. The number of hydrogen-bond acceptors (Lipinski definition) is 1. The van der Waals surface area contributed by atoms with Gasteiger partial charge in [0.15, 0.2) is 5.96 Å². The lowest BCUT2D eigenvalue weighted by Gasteiger charge is -2.16. The first-order valence-corrected chi connectivity index (χ1v) is 5.03. The Morgan fingerprint density at radius 1 is 1.31 bits per heavy atom. The van der Waals surface area contributed by atoms with Crippen LogP contribution in [0.5, 0.6) is 0 Å². The van der Waals surface area contributed by atoms with Crippen molar-refractivity contribution in [3.8, 4) is 0 Å². The monoisotopic (exact) mass is 219 g/mol. The quantitative estimate of drug-likeness (QED) is 0.506. The lowest BCUT2D eigenvalue weighted by Crippen LogP contribution is -2.31. The molecular formula is C11H17N5. The highest BCUT2D eigenvalue weighted by Crippen LogP contribution is 2.00. The van der Waals surface area contributed by atoms with E-state index in [4.69, 9.17) is 16.9 Å². The zero-order valence-corrected chi connectivity index (χ0v) is 9.35. The van der Waals surface area contributed by atoms with E-state index in [1.54, 1.807) is 11.9 Å². The third kappa shape index (κ3) is 4.00. The predicted octanol–water partition coefficient (Wildman–Crippen LogP) is 0.369. The van der Waals surface area contributed by atoms with Crippen LogP contribution in [0.15, 0.2) is 35.3 Å². The Bertz CT molecular complexity index is 367. The molecule has 0 unspecified atom stereocenters. The van der Waals surface area contributed by atoms with Crippen LogP contribution in [0.4, 0.5) is 0 Å². The maximum absolute atomic E-state index is 7.57. The molecule has 0 saturated heterocycles. The molecule has 0 amide bonds. The summed E-state index contributed by atoms with van der Waals surface area (Å²) in [6, 6.07) is 10.1. The molecule has 16 heavy (non-hydrogen) atoms. The summed E-state index contributed by atoms with van der Waals surface area (Å²) in [5, 5.41) is 7.57. The van der Waals surface area contributed by atoms with Gasteiger partial charge in [-0.25, -0.2) is 0 Å². The normalized spacial score (nSPS) is 9.56. The third-order valence-electron chi connectivity index (χ3n) is 2.18. The highest BCUT2D eigenvalue weighted by Gasteiger charge is 2.03. The van der Waals surface area contributed by atoms with Gasteiger partial charge >= 0.3 is 0 Å². The fourth-order valence-corrected chi connectivity index (χ4v) is 1.26. The standard InChI is InChI=1S/C11H17N5/c1-16(11(14)15-10(12)13)8-7-9-5-3-2-4-6-9/h2-6H,7-8H2,1H3,(H5,12,13,14,15). The van der Waals surface area contributed by atoms with Crippen LogP contribution in [0.25, 0.3) is 0 Å². The van der Waals surface area contributed by atoms with Gasteiger partial charge in [0.1, 0.15) is 0 Å². The number of nitrogens with one attached hydrogen (secondary N) is 1. The number of benzene rings is 1. The first-order valence-electron chi connectivity index (χ1n) is 5.03. The first-order chi connectivity index (χ1) is 7.59. The van der Waals surface area contributed by atoms with E-state index >= 15 is 0 Å². The van der Waals surface area contributed by atoms with E-state index in [2.05, 4.69) is 17.1 Å². The fraction of sp³-hybridized carbons (Fsp3) is 0.273. The van der Waals surface area contributed by atoms with E-state index in [0.717, 1.165) is 6.42 Å². The van der Waals surface area contributed by atoms with Crippen LogP contribution in [-0.2, 0) is 6.42 Å². The van der Waals surface area contributed by atoms with Gasteiger partial charge in [-0.05, 0) is 12.0 Å². The Morgan fingerprint density at radius 3 is 2.50 bits per heavy atom. The van der Waals surface area contributed by atoms with E-state index in [9.17, 15) is 0 Å². The van der Waals surface area contributed by atoms with Gasteiger partial charge in [0, 0.05) is 13.6 Å². The van der Waals surface area contributed by atoms with Crippen molar-refractivity contribution >= 4 is 11.9 Å². The highest BCUT2D eigenvalue weighted by atomic mass is 15.2. The summed E-state index contributed by atoms with van der Waals surface area (Å²) in [7, 11) is 1.79. The Hall–Kier alpha value is -2.04. The second kappa shape index (κ2) is 5.75. The average Bonchev–Trinajstić information content (AvgIpc) is 2.26.